The zero-order valence-corrected chi connectivity index (χ0v) is 15.1. The van der Waals surface area contributed by atoms with Crippen LogP contribution < -0.4 is 10.9 Å². The Morgan fingerprint density at radius 2 is 1.96 bits per heavy atom. The third kappa shape index (κ3) is 3.32. The number of fused-ring (bicyclic) bond motifs is 1. The molecular weight excluding hydrogens is 364 g/mol. The number of aromatic nitrogens is 5. The number of nitrogens with zero attached hydrogens (tertiary/aromatic N) is 5. The van der Waals surface area contributed by atoms with Crippen LogP contribution >= 0.6 is 11.3 Å². The predicted molar refractivity (Wildman–Crippen MR) is 102 cm³/mol. The molecule has 1 aromatic carbocycles. The van der Waals surface area contributed by atoms with E-state index in [1.165, 1.54) is 11.3 Å². The molecule has 0 fully saturated rings. The monoisotopic (exact) mass is 378 g/mol. The molecule has 0 aliphatic carbocycles. The molecule has 1 N–H and O–H groups in total. The highest BCUT2D eigenvalue weighted by Gasteiger charge is 2.20. The summed E-state index contributed by atoms with van der Waals surface area (Å²) in [6.07, 6.45) is 1.68. The van der Waals surface area contributed by atoms with Gasteiger partial charge in [-0.3, -0.25) is 14.6 Å². The number of pyridine rings is 1. The van der Waals surface area contributed by atoms with Crippen LogP contribution in [0.15, 0.2) is 58.8 Å². The van der Waals surface area contributed by atoms with Crippen molar-refractivity contribution in [1.82, 2.24) is 25.0 Å². The Morgan fingerprint density at radius 3 is 2.78 bits per heavy atom. The lowest BCUT2D eigenvalue weighted by atomic mass is 10.2. The van der Waals surface area contributed by atoms with Gasteiger partial charge in [-0.15, -0.1) is 16.4 Å². The van der Waals surface area contributed by atoms with Crippen LogP contribution in [0.5, 0.6) is 0 Å². The molecule has 4 aromatic rings. The van der Waals surface area contributed by atoms with Gasteiger partial charge in [0.15, 0.2) is 5.13 Å². The van der Waals surface area contributed by atoms with Crippen LogP contribution in [0.3, 0.4) is 0 Å². The second kappa shape index (κ2) is 7.04. The molecule has 1 atom stereocenters. The zero-order valence-electron chi connectivity index (χ0n) is 14.2. The van der Waals surface area contributed by atoms with Gasteiger partial charge in [0, 0.05) is 11.6 Å². The molecule has 27 heavy (non-hydrogen) atoms. The van der Waals surface area contributed by atoms with E-state index in [2.05, 4.69) is 25.6 Å². The Morgan fingerprint density at radius 1 is 1.15 bits per heavy atom. The molecule has 134 valence electrons. The van der Waals surface area contributed by atoms with Gasteiger partial charge in [-0.25, -0.2) is 4.98 Å². The first-order valence-electron chi connectivity index (χ1n) is 8.15. The fourth-order valence-electron chi connectivity index (χ4n) is 2.54. The summed E-state index contributed by atoms with van der Waals surface area (Å²) < 4.78 is 1.07. The maximum atomic E-state index is 12.6. The van der Waals surface area contributed by atoms with E-state index >= 15 is 0 Å². The third-order valence-electron chi connectivity index (χ3n) is 4.00. The van der Waals surface area contributed by atoms with Crippen LogP contribution in [0.4, 0.5) is 5.13 Å². The van der Waals surface area contributed by atoms with Crippen molar-refractivity contribution in [3.8, 4) is 11.4 Å². The number of carbonyl (C=O) groups excluding carboxylic acids is 1. The molecule has 0 bridgehead atoms. The Kier molecular flexibility index (Phi) is 4.43. The van der Waals surface area contributed by atoms with Crippen LogP contribution in [-0.2, 0) is 4.79 Å². The first-order valence-corrected chi connectivity index (χ1v) is 9.03. The van der Waals surface area contributed by atoms with Crippen LogP contribution in [0.2, 0.25) is 0 Å². The highest BCUT2D eigenvalue weighted by atomic mass is 32.1. The standard InChI is InChI=1S/C18H14N6O2S/c1-11(24-17(26)12-6-2-3-7-13(12)22-23-24)16(25)21-18-20-15(10-27-18)14-8-4-5-9-19-14/h2-11H,1H3,(H,20,21,25)/t11-/m1/s1. The number of anilines is 1. The molecule has 8 nitrogen and oxygen atoms in total. The van der Waals surface area contributed by atoms with Gasteiger partial charge < -0.3 is 5.32 Å². The number of nitrogens with one attached hydrogen (secondary N) is 1. The lowest BCUT2D eigenvalue weighted by Gasteiger charge is -2.12. The van der Waals surface area contributed by atoms with Gasteiger partial charge >= 0.3 is 0 Å². The number of benzene rings is 1. The number of hydrogen-bond acceptors (Lipinski definition) is 7. The summed E-state index contributed by atoms with van der Waals surface area (Å²) in [7, 11) is 0. The van der Waals surface area contributed by atoms with Crippen LogP contribution in [0, 0.1) is 0 Å². The molecule has 0 spiro atoms. The zero-order chi connectivity index (χ0) is 18.8. The van der Waals surface area contributed by atoms with E-state index in [0.717, 1.165) is 10.4 Å². The van der Waals surface area contributed by atoms with Crippen LogP contribution in [0.25, 0.3) is 22.3 Å². The van der Waals surface area contributed by atoms with Gasteiger partial charge in [-0.1, -0.05) is 23.4 Å². The fraction of sp³-hybridized carbons (Fsp3) is 0.111. The Hall–Kier alpha value is -3.46. The smallest absolute Gasteiger partial charge is 0.278 e. The molecule has 0 aliphatic heterocycles. The molecule has 0 unspecified atom stereocenters. The Labute approximate surface area is 157 Å². The maximum Gasteiger partial charge on any atom is 0.278 e. The summed E-state index contributed by atoms with van der Waals surface area (Å²) in [4.78, 5) is 33.7. The molecule has 1 amide bonds. The first kappa shape index (κ1) is 17.0. The number of hydrogen-bond donors (Lipinski definition) is 1. The van der Waals surface area contributed by atoms with Gasteiger partial charge in [-0.2, -0.15) is 4.68 Å². The molecule has 3 aromatic heterocycles. The maximum absolute atomic E-state index is 12.6. The highest BCUT2D eigenvalue weighted by molar-refractivity contribution is 7.14. The van der Waals surface area contributed by atoms with Gasteiger partial charge in [0.05, 0.1) is 11.1 Å². The van der Waals surface area contributed by atoms with Crippen LogP contribution in [0.1, 0.15) is 13.0 Å². The largest absolute Gasteiger partial charge is 0.300 e. The summed E-state index contributed by atoms with van der Waals surface area (Å²) in [5, 5.41) is 13.3. The van der Waals surface area contributed by atoms with Crippen molar-refractivity contribution < 1.29 is 4.79 Å². The fourth-order valence-corrected chi connectivity index (χ4v) is 3.25. The van der Waals surface area contributed by atoms with Crippen molar-refractivity contribution in [1.29, 1.82) is 0 Å². The highest BCUT2D eigenvalue weighted by Crippen LogP contribution is 2.23. The molecule has 9 heteroatoms. The van der Waals surface area contributed by atoms with E-state index in [1.807, 2.05) is 23.6 Å². The van der Waals surface area contributed by atoms with E-state index < -0.39 is 11.9 Å². The molecule has 0 radical (unpaired) electrons. The normalized spacial score (nSPS) is 12.0. The molecule has 3 heterocycles. The van der Waals surface area contributed by atoms with Crippen molar-refractivity contribution in [2.75, 3.05) is 5.32 Å². The average molecular weight is 378 g/mol. The number of amides is 1. The predicted octanol–water partition coefficient (Wildman–Crippen LogP) is 2.51. The van der Waals surface area contributed by atoms with Crippen molar-refractivity contribution in [2.24, 2.45) is 0 Å². The van der Waals surface area contributed by atoms with E-state index in [-0.39, 0.29) is 5.56 Å². The van der Waals surface area contributed by atoms with Gasteiger partial charge in [0.2, 0.25) is 0 Å². The van der Waals surface area contributed by atoms with Crippen molar-refractivity contribution >= 4 is 33.3 Å². The second-order valence-corrected chi connectivity index (χ2v) is 6.63. The van der Waals surface area contributed by atoms with Gasteiger partial charge in [0.1, 0.15) is 17.3 Å². The molecule has 0 saturated carbocycles. The topological polar surface area (TPSA) is 103 Å². The number of carbonyl (C=O) groups is 1. The quantitative estimate of drug-likeness (QED) is 0.585. The van der Waals surface area contributed by atoms with Crippen molar-refractivity contribution in [2.45, 2.75) is 13.0 Å². The van der Waals surface area contributed by atoms with Crippen LogP contribution in [-0.4, -0.2) is 30.9 Å². The van der Waals surface area contributed by atoms with Crippen molar-refractivity contribution in [3.05, 3.63) is 64.4 Å². The SMILES string of the molecule is C[C@H](C(=O)Nc1nc(-c2ccccn2)cs1)n1nnc2ccccc2c1=O. The summed E-state index contributed by atoms with van der Waals surface area (Å²) in [5.41, 5.74) is 1.52. The summed E-state index contributed by atoms with van der Waals surface area (Å²) >= 11 is 1.29. The van der Waals surface area contributed by atoms with E-state index in [0.29, 0.717) is 21.7 Å². The van der Waals surface area contributed by atoms with Gasteiger partial charge in [-0.05, 0) is 31.2 Å². The minimum atomic E-state index is -0.836. The van der Waals surface area contributed by atoms with E-state index in [9.17, 15) is 9.59 Å². The Balaban J connectivity index is 1.56. The minimum absolute atomic E-state index is 0.364. The molecule has 0 aliphatic rings. The van der Waals surface area contributed by atoms with E-state index in [1.54, 1.807) is 37.4 Å². The molecule has 0 saturated heterocycles. The summed E-state index contributed by atoms with van der Waals surface area (Å²) in [5.74, 6) is -0.399. The minimum Gasteiger partial charge on any atom is -0.300 e. The third-order valence-corrected chi connectivity index (χ3v) is 4.76. The lowest BCUT2D eigenvalue weighted by molar-refractivity contribution is -0.119. The average Bonchev–Trinajstić information content (AvgIpc) is 3.17. The number of rotatable bonds is 4. The number of thiazole rings is 1. The molecule has 4 rings (SSSR count). The van der Waals surface area contributed by atoms with Gasteiger partial charge in [0.25, 0.3) is 11.5 Å². The Bertz CT molecular complexity index is 1170. The summed E-state index contributed by atoms with van der Waals surface area (Å²) in [6.45, 7) is 1.59. The lowest BCUT2D eigenvalue weighted by Crippen LogP contribution is -2.34. The first-order chi connectivity index (χ1) is 13.1. The van der Waals surface area contributed by atoms with E-state index in [4.69, 9.17) is 0 Å². The van der Waals surface area contributed by atoms with Crippen molar-refractivity contribution in [3.63, 3.8) is 0 Å². The summed E-state index contributed by atoms with van der Waals surface area (Å²) in [6, 6.07) is 11.6. The molecular formula is C18H14N6O2S. The second-order valence-electron chi connectivity index (χ2n) is 5.77.